The van der Waals surface area contributed by atoms with Gasteiger partial charge in [-0.25, -0.2) is 9.97 Å². The maximum absolute atomic E-state index is 6.27. The fraction of sp³-hybridized carbons (Fsp3) is 0.158. The monoisotopic (exact) mass is 415 g/mol. The average Bonchev–Trinajstić information content (AvgIpc) is 3.19. The van der Waals surface area contributed by atoms with Crippen LogP contribution in [0, 0.1) is 0 Å². The van der Waals surface area contributed by atoms with Crippen LogP contribution in [0.15, 0.2) is 36.7 Å². The molecule has 9 nitrogen and oxygen atoms in total. The van der Waals surface area contributed by atoms with Gasteiger partial charge in [0.15, 0.2) is 23.1 Å². The van der Waals surface area contributed by atoms with Crippen molar-refractivity contribution in [3.05, 3.63) is 41.7 Å². The van der Waals surface area contributed by atoms with E-state index in [9.17, 15) is 0 Å². The zero-order chi connectivity index (χ0) is 20.4. The van der Waals surface area contributed by atoms with E-state index < -0.39 is 0 Å². The van der Waals surface area contributed by atoms with Crippen molar-refractivity contribution in [1.82, 2.24) is 9.97 Å². The number of aromatic nitrogens is 2. The highest BCUT2D eigenvalue weighted by Gasteiger charge is 2.16. The Labute approximate surface area is 171 Å². The summed E-state index contributed by atoms with van der Waals surface area (Å²) in [4.78, 5) is 8.44. The summed E-state index contributed by atoms with van der Waals surface area (Å²) in [5.74, 6) is 3.18. The molecule has 0 spiro atoms. The van der Waals surface area contributed by atoms with Gasteiger partial charge in [0.1, 0.15) is 23.5 Å². The van der Waals surface area contributed by atoms with Gasteiger partial charge in [0.05, 0.1) is 24.9 Å². The first kappa shape index (κ1) is 18.8. The van der Waals surface area contributed by atoms with Gasteiger partial charge in [-0.1, -0.05) is 11.6 Å². The standard InChI is InChI=1S/C19H18ClN5O4/c1-26-14-7-15(27-2)12(6-11(14)20)25-19-17(21)18(22-8-23-19)24-10-3-4-13-16(5-10)29-9-28-13/h3-8H,9,21H2,1-2H3,(H2,22,23,24,25). The average molecular weight is 416 g/mol. The summed E-state index contributed by atoms with van der Waals surface area (Å²) < 4.78 is 21.3. The van der Waals surface area contributed by atoms with Crippen LogP contribution in [0.5, 0.6) is 23.0 Å². The van der Waals surface area contributed by atoms with E-state index >= 15 is 0 Å². The highest BCUT2D eigenvalue weighted by Crippen LogP contribution is 2.39. The number of hydrogen-bond donors (Lipinski definition) is 3. The molecule has 0 saturated heterocycles. The number of fused-ring (bicyclic) bond motifs is 1. The minimum Gasteiger partial charge on any atom is -0.495 e. The number of nitrogens with two attached hydrogens (primary N) is 1. The molecule has 0 atom stereocenters. The second kappa shape index (κ2) is 7.80. The molecular weight excluding hydrogens is 398 g/mol. The highest BCUT2D eigenvalue weighted by atomic mass is 35.5. The van der Waals surface area contributed by atoms with Crippen molar-refractivity contribution in [1.29, 1.82) is 0 Å². The number of nitrogens with zero attached hydrogens (tertiary/aromatic N) is 2. The first-order valence-corrected chi connectivity index (χ1v) is 8.92. The fourth-order valence-corrected chi connectivity index (χ4v) is 3.03. The smallest absolute Gasteiger partial charge is 0.231 e. The summed E-state index contributed by atoms with van der Waals surface area (Å²) in [6.07, 6.45) is 1.39. The summed E-state index contributed by atoms with van der Waals surface area (Å²) in [6.45, 7) is 0.203. The van der Waals surface area contributed by atoms with Gasteiger partial charge in [0.2, 0.25) is 6.79 Å². The van der Waals surface area contributed by atoms with E-state index in [4.69, 9.17) is 36.3 Å². The van der Waals surface area contributed by atoms with Crippen molar-refractivity contribution in [3.63, 3.8) is 0 Å². The lowest BCUT2D eigenvalue weighted by Crippen LogP contribution is -2.06. The van der Waals surface area contributed by atoms with Crippen molar-refractivity contribution < 1.29 is 18.9 Å². The minimum absolute atomic E-state index is 0.203. The van der Waals surface area contributed by atoms with Crippen LogP contribution in [-0.4, -0.2) is 31.0 Å². The van der Waals surface area contributed by atoms with Gasteiger partial charge in [-0.3, -0.25) is 0 Å². The largest absolute Gasteiger partial charge is 0.495 e. The predicted octanol–water partition coefficient (Wildman–Crippen LogP) is 3.95. The third-order valence-corrected chi connectivity index (χ3v) is 4.54. The third kappa shape index (κ3) is 3.72. The summed E-state index contributed by atoms with van der Waals surface area (Å²) in [5.41, 5.74) is 7.92. The van der Waals surface area contributed by atoms with Crippen LogP contribution in [0.4, 0.5) is 28.7 Å². The first-order chi connectivity index (χ1) is 14.1. The van der Waals surface area contributed by atoms with Crippen LogP contribution in [-0.2, 0) is 0 Å². The van der Waals surface area contributed by atoms with Gasteiger partial charge in [-0.2, -0.15) is 0 Å². The van der Waals surface area contributed by atoms with Gasteiger partial charge in [-0.15, -0.1) is 0 Å². The number of anilines is 5. The second-order valence-electron chi connectivity index (χ2n) is 5.99. The maximum atomic E-state index is 6.27. The lowest BCUT2D eigenvalue weighted by Gasteiger charge is -2.16. The van der Waals surface area contributed by atoms with E-state index in [1.165, 1.54) is 13.4 Å². The lowest BCUT2D eigenvalue weighted by molar-refractivity contribution is 0.174. The molecule has 4 N–H and O–H groups in total. The normalized spacial score (nSPS) is 11.8. The number of nitrogen functional groups attached to an aromatic ring is 1. The highest BCUT2D eigenvalue weighted by molar-refractivity contribution is 6.32. The Bertz CT molecular complexity index is 1060. The Morgan fingerprint density at radius 2 is 1.69 bits per heavy atom. The number of ether oxygens (including phenoxy) is 4. The molecule has 4 rings (SSSR count). The van der Waals surface area contributed by atoms with Crippen molar-refractivity contribution in [2.45, 2.75) is 0 Å². The van der Waals surface area contributed by atoms with Crippen molar-refractivity contribution >= 4 is 40.3 Å². The number of rotatable bonds is 6. The Hall–Kier alpha value is -3.59. The zero-order valence-electron chi connectivity index (χ0n) is 15.7. The van der Waals surface area contributed by atoms with Crippen LogP contribution in [0.1, 0.15) is 0 Å². The molecule has 1 aliphatic heterocycles. The summed E-state index contributed by atoms with van der Waals surface area (Å²) in [5, 5.41) is 6.70. The van der Waals surface area contributed by atoms with Gasteiger partial charge in [0.25, 0.3) is 0 Å². The van der Waals surface area contributed by atoms with E-state index in [1.54, 1.807) is 19.2 Å². The SMILES string of the molecule is COc1cc(OC)c(Nc2ncnc(Nc3ccc4c(c3)OCO4)c2N)cc1Cl. The molecular formula is C19H18ClN5O4. The van der Waals surface area contributed by atoms with Crippen molar-refractivity contribution in [2.24, 2.45) is 0 Å². The van der Waals surface area contributed by atoms with E-state index in [2.05, 4.69) is 20.6 Å². The van der Waals surface area contributed by atoms with E-state index in [0.717, 1.165) is 5.69 Å². The van der Waals surface area contributed by atoms with E-state index in [0.29, 0.717) is 51.0 Å². The molecule has 0 bridgehead atoms. The molecule has 2 heterocycles. The van der Waals surface area contributed by atoms with Crippen molar-refractivity contribution in [3.8, 4) is 23.0 Å². The van der Waals surface area contributed by atoms with E-state index in [1.807, 2.05) is 18.2 Å². The van der Waals surface area contributed by atoms with Crippen LogP contribution in [0.25, 0.3) is 0 Å². The van der Waals surface area contributed by atoms with Crippen LogP contribution in [0.3, 0.4) is 0 Å². The molecule has 0 amide bonds. The summed E-state index contributed by atoms with van der Waals surface area (Å²) in [7, 11) is 3.08. The number of methoxy groups -OCH3 is 2. The zero-order valence-corrected chi connectivity index (χ0v) is 16.4. The van der Waals surface area contributed by atoms with Gasteiger partial charge < -0.3 is 35.3 Å². The Kier molecular flexibility index (Phi) is 5.05. The van der Waals surface area contributed by atoms with E-state index in [-0.39, 0.29) is 6.79 Å². The molecule has 150 valence electrons. The fourth-order valence-electron chi connectivity index (χ4n) is 2.79. The quantitative estimate of drug-likeness (QED) is 0.550. The van der Waals surface area contributed by atoms with Crippen LogP contribution < -0.4 is 35.3 Å². The Morgan fingerprint density at radius 3 is 2.45 bits per heavy atom. The Balaban J connectivity index is 1.61. The molecule has 10 heteroatoms. The number of benzene rings is 2. The minimum atomic E-state index is 0.203. The van der Waals surface area contributed by atoms with Gasteiger partial charge in [0, 0.05) is 17.8 Å². The van der Waals surface area contributed by atoms with Gasteiger partial charge in [-0.05, 0) is 18.2 Å². The molecule has 0 saturated carbocycles. The second-order valence-corrected chi connectivity index (χ2v) is 6.40. The molecule has 29 heavy (non-hydrogen) atoms. The number of nitrogens with one attached hydrogen (secondary N) is 2. The third-order valence-electron chi connectivity index (χ3n) is 4.25. The summed E-state index contributed by atoms with van der Waals surface area (Å²) >= 11 is 6.23. The molecule has 0 unspecified atom stereocenters. The number of halogens is 1. The molecule has 3 aromatic rings. The van der Waals surface area contributed by atoms with Crippen LogP contribution in [0.2, 0.25) is 5.02 Å². The molecule has 1 aliphatic rings. The number of hydrogen-bond acceptors (Lipinski definition) is 9. The molecule has 2 aromatic carbocycles. The molecule has 0 radical (unpaired) electrons. The predicted molar refractivity (Wildman–Crippen MR) is 110 cm³/mol. The maximum Gasteiger partial charge on any atom is 0.231 e. The van der Waals surface area contributed by atoms with Crippen LogP contribution >= 0.6 is 11.6 Å². The van der Waals surface area contributed by atoms with Gasteiger partial charge >= 0.3 is 0 Å². The molecule has 0 aliphatic carbocycles. The molecule has 0 fully saturated rings. The molecule has 1 aromatic heterocycles. The Morgan fingerprint density at radius 1 is 0.966 bits per heavy atom. The first-order valence-electron chi connectivity index (χ1n) is 8.54. The lowest BCUT2D eigenvalue weighted by atomic mass is 10.2. The topological polar surface area (TPSA) is 113 Å². The summed E-state index contributed by atoms with van der Waals surface area (Å²) in [6, 6.07) is 8.81. The van der Waals surface area contributed by atoms with Crippen molar-refractivity contribution in [2.75, 3.05) is 37.4 Å².